The molecule has 0 saturated carbocycles. The molecule has 292 valence electrons. The number of hydrogen-bond acceptors (Lipinski definition) is 11. The summed E-state index contributed by atoms with van der Waals surface area (Å²) < 4.78 is 80.1. The number of benzene rings is 1. The summed E-state index contributed by atoms with van der Waals surface area (Å²) in [5, 5.41) is 17.7. The number of anilines is 1. The third-order valence-corrected chi connectivity index (χ3v) is 12.5. The first-order valence-corrected chi connectivity index (χ1v) is 19.8. The van der Waals surface area contributed by atoms with Gasteiger partial charge in [-0.2, -0.15) is 28.2 Å². The van der Waals surface area contributed by atoms with Crippen LogP contribution in [0.25, 0.3) is 48.5 Å². The Hall–Kier alpha value is -3.96. The number of pyridine rings is 1. The first-order chi connectivity index (χ1) is 26.4. The van der Waals surface area contributed by atoms with E-state index in [9.17, 15) is 9.50 Å². The van der Waals surface area contributed by atoms with E-state index in [1.165, 1.54) is 23.5 Å². The number of allylic oxidation sites excluding steroid dienone is 1. The Bertz CT molecular complexity index is 2290. The van der Waals surface area contributed by atoms with E-state index in [1.807, 2.05) is 11.0 Å². The molecule has 4 aliphatic heterocycles. The van der Waals surface area contributed by atoms with Gasteiger partial charge in [0.15, 0.2) is 6.23 Å². The van der Waals surface area contributed by atoms with E-state index < -0.39 is 35.3 Å². The second-order valence-corrected chi connectivity index (χ2v) is 16.5. The van der Waals surface area contributed by atoms with Crippen molar-refractivity contribution >= 4 is 54.4 Å². The van der Waals surface area contributed by atoms with Gasteiger partial charge in [-0.3, -0.25) is 9.88 Å². The average Bonchev–Trinajstić information content (AvgIpc) is 3.89. The minimum Gasteiger partial charge on any atom is -0.461 e. The van der Waals surface area contributed by atoms with Crippen molar-refractivity contribution in [2.45, 2.75) is 82.1 Å². The molecule has 4 aromatic heterocycles. The molecule has 8 heterocycles. The molecule has 9 rings (SSSR count). The highest BCUT2D eigenvalue weighted by atomic mass is 32.1. The molecule has 5 aromatic rings. The van der Waals surface area contributed by atoms with Crippen molar-refractivity contribution in [2.75, 3.05) is 57.5 Å². The average molecular weight is 782 g/mol. The largest absolute Gasteiger partial charge is 0.461 e. The summed E-state index contributed by atoms with van der Waals surface area (Å²) in [5.74, 6) is 0.509. The van der Waals surface area contributed by atoms with E-state index >= 15 is 13.2 Å². The molecule has 0 amide bonds. The lowest BCUT2D eigenvalue weighted by Gasteiger charge is -2.31. The fourth-order valence-corrected chi connectivity index (χ4v) is 10.2. The fourth-order valence-electron chi connectivity index (χ4n) is 9.04. The summed E-state index contributed by atoms with van der Waals surface area (Å²) >= 11 is 1.30. The van der Waals surface area contributed by atoms with Crippen LogP contribution in [-0.2, 0) is 15.7 Å². The van der Waals surface area contributed by atoms with E-state index in [-0.39, 0.29) is 31.3 Å². The summed E-state index contributed by atoms with van der Waals surface area (Å²) in [6, 6.07) is 3.11. The third kappa shape index (κ3) is 6.52. The molecule has 4 aliphatic rings. The smallest absolute Gasteiger partial charge is 0.417 e. The number of ether oxygens (including phenoxy) is 3. The van der Waals surface area contributed by atoms with Gasteiger partial charge in [0, 0.05) is 48.6 Å². The monoisotopic (exact) mass is 781 g/mol. The molecule has 4 fully saturated rings. The number of β-amino-alcohol motifs (C(OH)–C–C–N with tert-alkyl or cyclic N) is 1. The molecule has 1 N–H and O–H groups in total. The van der Waals surface area contributed by atoms with Gasteiger partial charge in [0.25, 0.3) is 0 Å². The lowest BCUT2D eigenvalue weighted by molar-refractivity contribution is -0.137. The number of halogens is 4. The maximum absolute atomic E-state index is 15.0. The maximum atomic E-state index is 15.0. The van der Waals surface area contributed by atoms with Crippen molar-refractivity contribution in [1.82, 2.24) is 29.6 Å². The van der Waals surface area contributed by atoms with Crippen LogP contribution in [0.5, 0.6) is 6.01 Å². The van der Waals surface area contributed by atoms with Gasteiger partial charge in [-0.1, -0.05) is 12.2 Å². The van der Waals surface area contributed by atoms with Crippen LogP contribution in [0.2, 0.25) is 0 Å². The zero-order valence-electron chi connectivity index (χ0n) is 30.7. The van der Waals surface area contributed by atoms with Gasteiger partial charge in [0.05, 0.1) is 58.4 Å². The molecule has 4 atom stereocenters. The van der Waals surface area contributed by atoms with E-state index in [4.69, 9.17) is 29.2 Å². The highest BCUT2D eigenvalue weighted by molar-refractivity contribution is 7.26. The molecule has 55 heavy (non-hydrogen) atoms. The van der Waals surface area contributed by atoms with E-state index in [2.05, 4.69) is 10.00 Å². The number of rotatable bonds is 7. The molecule has 4 saturated heterocycles. The highest BCUT2D eigenvalue weighted by Crippen LogP contribution is 2.48. The van der Waals surface area contributed by atoms with E-state index in [1.54, 1.807) is 37.0 Å². The van der Waals surface area contributed by atoms with Crippen LogP contribution in [0.4, 0.5) is 23.4 Å². The quantitative estimate of drug-likeness (QED) is 0.166. The second-order valence-electron chi connectivity index (χ2n) is 15.5. The Morgan fingerprint density at radius 1 is 1.15 bits per heavy atom. The van der Waals surface area contributed by atoms with Crippen molar-refractivity contribution in [3.8, 4) is 17.3 Å². The van der Waals surface area contributed by atoms with Gasteiger partial charge < -0.3 is 24.2 Å². The van der Waals surface area contributed by atoms with Crippen molar-refractivity contribution < 1.29 is 36.9 Å². The first-order valence-electron chi connectivity index (χ1n) is 19.0. The number of nitrogens with zero attached hydrogens (tertiary/aromatic N) is 7. The van der Waals surface area contributed by atoms with Crippen LogP contribution in [0, 0.1) is 0 Å². The Morgan fingerprint density at radius 3 is 2.82 bits per heavy atom. The fraction of sp³-hybridized carbons (Fsp3) is 0.538. The molecule has 0 radical (unpaired) electrons. The van der Waals surface area contributed by atoms with Gasteiger partial charge in [0.1, 0.15) is 29.0 Å². The predicted octanol–water partition coefficient (Wildman–Crippen LogP) is 7.55. The number of aliphatic hydroxyl groups is 1. The predicted molar refractivity (Wildman–Crippen MR) is 202 cm³/mol. The molecule has 0 spiro atoms. The molecule has 0 bridgehead atoms. The SMILES string of the molecule is C/C=C\c1c(C(F)(F)F)cc2c(cnn2C2CCCCO2)c1-c1nccc2c1sc1nc(OC[C@@]34CCCN3C[C@H](F)C4)nc(N3CCOC[C@@](C)(O)C3)c12. The van der Waals surface area contributed by atoms with Gasteiger partial charge in [-0.05, 0) is 70.2 Å². The highest BCUT2D eigenvalue weighted by Gasteiger charge is 2.49. The van der Waals surface area contributed by atoms with Gasteiger partial charge >= 0.3 is 12.2 Å². The number of fused-ring (bicyclic) bond motifs is 5. The molecule has 1 unspecified atom stereocenters. The standard InChI is InChI=1S/C39H43F4N7O4S/c1-3-7-24-27(39(41,42)43)16-28-26(18-45-50(28)29-8-4-5-14-53-29)30(24)32-33-25(9-11-44-32)31-34(48-13-15-52-21-37(2,51)20-48)46-36(47-35(31)55-33)54-22-38-10-6-12-49(38)19-23(40)17-38/h3,7,9,11,16,18,23,29,51H,4-6,8,10,12-15,17,19-22H2,1-2H3/b7-3-/t23-,29?,37+,38+/m1/s1. The van der Waals surface area contributed by atoms with Gasteiger partial charge in [-0.15, -0.1) is 11.3 Å². The number of thiophene rings is 1. The summed E-state index contributed by atoms with van der Waals surface area (Å²) in [7, 11) is 0. The number of aromatic nitrogens is 5. The Kier molecular flexibility index (Phi) is 9.27. The lowest BCUT2D eigenvalue weighted by Crippen LogP contribution is -2.43. The lowest BCUT2D eigenvalue weighted by atomic mass is 9.93. The minimum atomic E-state index is -4.68. The van der Waals surface area contributed by atoms with Crippen molar-refractivity contribution in [3.05, 3.63) is 41.7 Å². The Labute approximate surface area is 318 Å². The first kappa shape index (κ1) is 36.7. The number of alkyl halides is 4. The van der Waals surface area contributed by atoms with Crippen LogP contribution in [0.15, 0.2) is 30.6 Å². The minimum absolute atomic E-state index is 0.0109. The Balaban J connectivity index is 1.25. The normalized spacial score (nSPS) is 26.9. The van der Waals surface area contributed by atoms with Gasteiger partial charge in [0.2, 0.25) is 0 Å². The molecular formula is C39H43F4N7O4S. The molecule has 0 aliphatic carbocycles. The maximum Gasteiger partial charge on any atom is 0.417 e. The zero-order chi connectivity index (χ0) is 38.1. The molecule has 11 nitrogen and oxygen atoms in total. The second kappa shape index (κ2) is 13.9. The van der Waals surface area contributed by atoms with Crippen LogP contribution in [0.1, 0.15) is 69.7 Å². The third-order valence-electron chi connectivity index (χ3n) is 11.4. The summed E-state index contributed by atoms with van der Waals surface area (Å²) in [5.41, 5.74) is -1.45. The molecular weight excluding hydrogens is 739 g/mol. The van der Waals surface area contributed by atoms with E-state index in [0.29, 0.717) is 87.4 Å². The van der Waals surface area contributed by atoms with Crippen LogP contribution < -0.4 is 9.64 Å². The van der Waals surface area contributed by atoms with Crippen molar-refractivity contribution in [3.63, 3.8) is 0 Å². The van der Waals surface area contributed by atoms with Crippen LogP contribution in [0.3, 0.4) is 0 Å². The van der Waals surface area contributed by atoms with Crippen LogP contribution in [-0.4, -0.2) is 105 Å². The van der Waals surface area contributed by atoms with Crippen molar-refractivity contribution in [2.24, 2.45) is 0 Å². The molecule has 16 heteroatoms. The van der Waals surface area contributed by atoms with Crippen molar-refractivity contribution in [1.29, 1.82) is 0 Å². The van der Waals surface area contributed by atoms with Crippen LogP contribution >= 0.6 is 11.3 Å². The molecule has 1 aromatic carbocycles. The zero-order valence-corrected chi connectivity index (χ0v) is 31.6. The summed E-state index contributed by atoms with van der Waals surface area (Å²) in [6.45, 7) is 6.42. The number of hydrogen-bond donors (Lipinski definition) is 1. The summed E-state index contributed by atoms with van der Waals surface area (Å²) in [4.78, 5) is 19.3. The summed E-state index contributed by atoms with van der Waals surface area (Å²) in [6.07, 6.45) is 4.76. The Morgan fingerprint density at radius 2 is 2.02 bits per heavy atom. The van der Waals surface area contributed by atoms with Gasteiger partial charge in [-0.25, -0.2) is 9.07 Å². The van der Waals surface area contributed by atoms with E-state index in [0.717, 1.165) is 32.2 Å². The topological polar surface area (TPSA) is 111 Å².